The number of carbonyl (C=O) groups excluding carboxylic acids is 2. The molecule has 2 unspecified atom stereocenters. The van der Waals surface area contributed by atoms with Crippen molar-refractivity contribution in [1.29, 1.82) is 0 Å². The summed E-state index contributed by atoms with van der Waals surface area (Å²) in [5.41, 5.74) is 2.23. The number of fused-ring (bicyclic) bond motifs is 1. The van der Waals surface area contributed by atoms with Crippen molar-refractivity contribution >= 4 is 34.5 Å². The average molecular weight is 645 g/mol. The first-order valence-electron chi connectivity index (χ1n) is 15.2. The summed E-state index contributed by atoms with van der Waals surface area (Å²) in [4.78, 5) is 27.0. The quantitative estimate of drug-likeness (QED) is 0.0881. The summed E-state index contributed by atoms with van der Waals surface area (Å²) in [6.07, 6.45) is -1.32. The number of hydrogen-bond donors (Lipinski definition) is 0. The van der Waals surface area contributed by atoms with Crippen molar-refractivity contribution in [3.05, 3.63) is 157 Å². The lowest BCUT2D eigenvalue weighted by Crippen LogP contribution is -2.19. The van der Waals surface area contributed by atoms with Crippen molar-refractivity contribution in [2.75, 3.05) is 13.2 Å². The van der Waals surface area contributed by atoms with Gasteiger partial charge in [0.1, 0.15) is 24.7 Å². The molecule has 0 amide bonds. The normalized spacial score (nSPS) is 12.0. The minimum absolute atomic E-state index is 0.0719. The molecule has 0 saturated heterocycles. The minimum Gasteiger partial charge on any atom is -0.489 e. The molecule has 238 valence electrons. The van der Waals surface area contributed by atoms with Gasteiger partial charge in [0.25, 0.3) is 0 Å². The number of carbonyl (C=O) groups is 2. The van der Waals surface area contributed by atoms with Gasteiger partial charge >= 0.3 is 11.9 Å². The van der Waals surface area contributed by atoms with E-state index in [1.54, 1.807) is 13.8 Å². The SMILES string of the molecule is C=C(C)C(=O)OC(COc1cc(Sc2ccccc2)c(OCC(OC(=O)C(=C)C)c2ccccc2)c2ccccc12)c1ccccc1. The van der Waals surface area contributed by atoms with Crippen LogP contribution in [0, 0.1) is 0 Å². The van der Waals surface area contributed by atoms with Gasteiger partial charge in [0.05, 0.1) is 4.90 Å². The van der Waals surface area contributed by atoms with Crippen molar-refractivity contribution in [2.24, 2.45) is 0 Å². The molecule has 5 rings (SSSR count). The van der Waals surface area contributed by atoms with Crippen LogP contribution < -0.4 is 9.47 Å². The van der Waals surface area contributed by atoms with Crippen molar-refractivity contribution in [2.45, 2.75) is 35.8 Å². The molecule has 0 aromatic heterocycles. The fourth-order valence-electron chi connectivity index (χ4n) is 4.77. The third-order valence-corrected chi connectivity index (χ3v) is 8.23. The smallest absolute Gasteiger partial charge is 0.333 e. The molecule has 0 N–H and O–H groups in total. The third-order valence-electron chi connectivity index (χ3n) is 7.20. The molecule has 0 fully saturated rings. The molecule has 0 aliphatic rings. The van der Waals surface area contributed by atoms with Gasteiger partial charge in [-0.15, -0.1) is 0 Å². The van der Waals surface area contributed by atoms with E-state index >= 15 is 0 Å². The van der Waals surface area contributed by atoms with Crippen LogP contribution >= 0.6 is 11.8 Å². The van der Waals surface area contributed by atoms with Crippen LogP contribution in [0.4, 0.5) is 0 Å². The Labute approximate surface area is 279 Å². The molecule has 6 nitrogen and oxygen atoms in total. The van der Waals surface area contributed by atoms with Gasteiger partial charge in [0.2, 0.25) is 0 Å². The van der Waals surface area contributed by atoms with Gasteiger partial charge in [-0.2, -0.15) is 0 Å². The molecule has 7 heteroatoms. The molecular weight excluding hydrogens is 609 g/mol. The highest BCUT2D eigenvalue weighted by Crippen LogP contribution is 2.45. The Morgan fingerprint density at radius 2 is 1.06 bits per heavy atom. The second-order valence-electron chi connectivity index (χ2n) is 11.0. The Kier molecular flexibility index (Phi) is 11.1. The largest absolute Gasteiger partial charge is 0.489 e. The second kappa shape index (κ2) is 15.8. The van der Waals surface area contributed by atoms with Gasteiger partial charge in [-0.25, -0.2) is 9.59 Å². The zero-order valence-electron chi connectivity index (χ0n) is 26.4. The standard InChI is InChI=1S/C40H36O6S/c1-27(2)39(41)45-35(29-16-8-5-9-17-29)25-43-34-24-37(47-31-20-12-7-13-21-31)38(33-23-15-14-22-32(33)34)44-26-36(46-40(42)28(3)4)30-18-10-6-11-19-30/h5-24,35-36H,1,3,25-26H2,2,4H3. The van der Waals surface area contributed by atoms with Crippen LogP contribution in [0.3, 0.4) is 0 Å². The van der Waals surface area contributed by atoms with E-state index in [9.17, 15) is 9.59 Å². The molecule has 0 spiro atoms. The second-order valence-corrected chi connectivity index (χ2v) is 12.1. The van der Waals surface area contributed by atoms with Crippen molar-refractivity contribution in [1.82, 2.24) is 0 Å². The predicted molar refractivity (Wildman–Crippen MR) is 186 cm³/mol. The molecule has 0 heterocycles. The molecule has 2 atom stereocenters. The molecule has 5 aromatic rings. The van der Waals surface area contributed by atoms with Crippen LogP contribution in [-0.4, -0.2) is 25.2 Å². The lowest BCUT2D eigenvalue weighted by Gasteiger charge is -2.23. The summed E-state index contributed by atoms with van der Waals surface area (Å²) >= 11 is 1.53. The Bertz CT molecular complexity index is 1850. The van der Waals surface area contributed by atoms with Crippen LogP contribution in [0.15, 0.2) is 155 Å². The summed E-state index contributed by atoms with van der Waals surface area (Å²) < 4.78 is 24.7. The van der Waals surface area contributed by atoms with E-state index in [4.69, 9.17) is 18.9 Å². The number of rotatable bonds is 14. The van der Waals surface area contributed by atoms with E-state index in [2.05, 4.69) is 13.2 Å². The fourth-order valence-corrected chi connectivity index (χ4v) is 5.74. The maximum absolute atomic E-state index is 12.6. The lowest BCUT2D eigenvalue weighted by atomic mass is 10.1. The Morgan fingerprint density at radius 3 is 1.57 bits per heavy atom. The highest BCUT2D eigenvalue weighted by atomic mass is 32.2. The molecule has 0 bridgehead atoms. The fraction of sp³-hybridized carbons (Fsp3) is 0.150. The number of hydrogen-bond acceptors (Lipinski definition) is 7. The monoisotopic (exact) mass is 644 g/mol. The van der Waals surface area contributed by atoms with Crippen molar-refractivity contribution in [3.63, 3.8) is 0 Å². The summed E-state index contributed by atoms with van der Waals surface area (Å²) in [5, 5.41) is 1.63. The third kappa shape index (κ3) is 8.71. The minimum atomic E-state index is -0.667. The van der Waals surface area contributed by atoms with Gasteiger partial charge in [-0.3, -0.25) is 0 Å². The van der Waals surface area contributed by atoms with E-state index in [1.165, 1.54) is 11.8 Å². The Balaban J connectivity index is 1.52. The van der Waals surface area contributed by atoms with Crippen LogP contribution in [-0.2, 0) is 19.1 Å². The van der Waals surface area contributed by atoms with E-state index in [0.717, 1.165) is 31.7 Å². The van der Waals surface area contributed by atoms with Crippen molar-refractivity contribution in [3.8, 4) is 11.5 Å². The molecule has 0 radical (unpaired) electrons. The van der Waals surface area contributed by atoms with Gasteiger partial charge in [-0.1, -0.05) is 128 Å². The van der Waals surface area contributed by atoms with Gasteiger partial charge in [0, 0.05) is 26.8 Å². The molecular formula is C40H36O6S. The first-order valence-corrected chi connectivity index (χ1v) is 16.0. The average Bonchev–Trinajstić information content (AvgIpc) is 3.09. The maximum Gasteiger partial charge on any atom is 0.333 e. The van der Waals surface area contributed by atoms with Gasteiger partial charge < -0.3 is 18.9 Å². The molecule has 0 saturated carbocycles. The zero-order valence-corrected chi connectivity index (χ0v) is 27.2. The van der Waals surface area contributed by atoms with Gasteiger partial charge in [-0.05, 0) is 43.2 Å². The van der Waals surface area contributed by atoms with Crippen LogP contribution in [0.2, 0.25) is 0 Å². The van der Waals surface area contributed by atoms with Gasteiger partial charge in [0.15, 0.2) is 12.2 Å². The first-order chi connectivity index (χ1) is 22.8. The Morgan fingerprint density at radius 1 is 0.617 bits per heavy atom. The molecule has 0 aliphatic carbocycles. The van der Waals surface area contributed by atoms with E-state index in [1.807, 2.05) is 121 Å². The van der Waals surface area contributed by atoms with Crippen LogP contribution in [0.25, 0.3) is 10.8 Å². The lowest BCUT2D eigenvalue weighted by molar-refractivity contribution is -0.147. The topological polar surface area (TPSA) is 71.1 Å². The zero-order chi connectivity index (χ0) is 33.2. The van der Waals surface area contributed by atoms with Crippen LogP contribution in [0.5, 0.6) is 11.5 Å². The number of ether oxygens (including phenoxy) is 4. The first kappa shape index (κ1) is 33.1. The maximum atomic E-state index is 12.6. The summed E-state index contributed by atoms with van der Waals surface area (Å²) in [6, 6.07) is 38.7. The summed E-state index contributed by atoms with van der Waals surface area (Å²) in [6.45, 7) is 10.9. The van der Waals surface area contributed by atoms with Crippen molar-refractivity contribution < 1.29 is 28.5 Å². The molecule has 5 aromatic carbocycles. The summed E-state index contributed by atoms with van der Waals surface area (Å²) in [7, 11) is 0. The van der Waals surface area contributed by atoms with E-state index in [0.29, 0.717) is 22.6 Å². The van der Waals surface area contributed by atoms with E-state index in [-0.39, 0.29) is 13.2 Å². The highest BCUT2D eigenvalue weighted by molar-refractivity contribution is 7.99. The number of esters is 2. The molecule has 0 aliphatic heterocycles. The molecule has 47 heavy (non-hydrogen) atoms. The number of benzene rings is 5. The predicted octanol–water partition coefficient (Wildman–Crippen LogP) is 9.47. The highest BCUT2D eigenvalue weighted by Gasteiger charge is 2.23. The Hall–Kier alpha value is -5.27. The summed E-state index contributed by atoms with van der Waals surface area (Å²) in [5.74, 6) is 0.251. The van der Waals surface area contributed by atoms with Crippen LogP contribution in [0.1, 0.15) is 37.2 Å². The van der Waals surface area contributed by atoms with E-state index < -0.39 is 24.1 Å².